The third-order valence-electron chi connectivity index (χ3n) is 12.8. The molecule has 326 valence electrons. The van der Waals surface area contributed by atoms with Crippen molar-refractivity contribution in [1.29, 1.82) is 5.26 Å². The van der Waals surface area contributed by atoms with E-state index >= 15 is 0 Å². The van der Waals surface area contributed by atoms with Gasteiger partial charge in [-0.25, -0.2) is 18.4 Å². The van der Waals surface area contributed by atoms with Crippen LogP contribution in [0.15, 0.2) is 60.0 Å². The fraction of sp³-hybridized carbons (Fsp3) is 0.478. The Labute approximate surface area is 366 Å². The van der Waals surface area contributed by atoms with Gasteiger partial charge in [0.25, 0.3) is 5.91 Å². The van der Waals surface area contributed by atoms with E-state index in [1.165, 1.54) is 16.2 Å². The molecule has 2 aliphatic heterocycles. The Hall–Kier alpha value is -5.53. The standard InChI is InChI=1S/C46H53N7O7S2/c1-27(2)36-26-61-42(50-36)35-22-39(33-16-17-38(59-5)28(3)40(33)49-35)60-32-21-37-41(54)51-46(44(56)52-62(57,58)45(4)18-19-45)23-30(46)13-9-7-6-8-10-15-34(43(55)53(37)25-32)48-31-14-11-12-29(20-31)24-47/h9,11-14,16-17,20,22,26-27,30,32,34,37,48H,6-8,10,15,18-19,21,23,25H2,1-5H3,(H,51,54)(H,52,56)/t30-,32-,34+,37+,46-/m1/s1. The molecule has 0 radical (unpaired) electrons. The maximum Gasteiger partial charge on any atom is 0.259 e. The maximum atomic E-state index is 15.0. The molecule has 8 rings (SSSR count). The molecule has 4 aliphatic rings. The lowest BCUT2D eigenvalue weighted by Crippen LogP contribution is -2.58. The number of amides is 3. The highest BCUT2D eigenvalue weighted by atomic mass is 32.2. The molecule has 4 aromatic rings. The molecule has 2 aliphatic carbocycles. The van der Waals surface area contributed by atoms with Crippen molar-refractivity contribution in [3.05, 3.63) is 76.8 Å². The van der Waals surface area contributed by atoms with E-state index < -0.39 is 56.2 Å². The second-order valence-electron chi connectivity index (χ2n) is 17.6. The lowest BCUT2D eigenvalue weighted by atomic mass is 10.0. The number of aryl methyl sites for hydroxylation is 1. The summed E-state index contributed by atoms with van der Waals surface area (Å²) >= 11 is 1.49. The fourth-order valence-electron chi connectivity index (χ4n) is 8.48. The number of rotatable bonds is 10. The lowest BCUT2D eigenvalue weighted by molar-refractivity contribution is -0.140. The first kappa shape index (κ1) is 43.1. The van der Waals surface area contributed by atoms with Crippen molar-refractivity contribution in [2.45, 2.75) is 120 Å². The summed E-state index contributed by atoms with van der Waals surface area (Å²) < 4.78 is 40.4. The molecule has 62 heavy (non-hydrogen) atoms. The Bertz CT molecular complexity index is 2600. The van der Waals surface area contributed by atoms with Crippen LogP contribution in [0.5, 0.6) is 11.5 Å². The number of hydrogen-bond acceptors (Lipinski definition) is 12. The quantitative estimate of drug-likeness (QED) is 0.141. The van der Waals surface area contributed by atoms with Gasteiger partial charge in [0.2, 0.25) is 21.8 Å². The fourth-order valence-corrected chi connectivity index (χ4v) is 10.7. The highest BCUT2D eigenvalue weighted by Crippen LogP contribution is 2.48. The second-order valence-corrected chi connectivity index (χ2v) is 20.7. The summed E-state index contributed by atoms with van der Waals surface area (Å²) in [7, 11) is -2.39. The van der Waals surface area contributed by atoms with Crippen LogP contribution in [0.4, 0.5) is 5.69 Å². The van der Waals surface area contributed by atoms with Crippen LogP contribution in [0.1, 0.15) is 101 Å². The number of thiazole rings is 1. The molecule has 14 nitrogen and oxygen atoms in total. The zero-order chi connectivity index (χ0) is 44.0. The normalized spacial score (nSPS) is 24.8. The minimum atomic E-state index is -4.00. The monoisotopic (exact) mass is 879 g/mol. The summed E-state index contributed by atoms with van der Waals surface area (Å²) in [6, 6.07) is 12.9. The maximum absolute atomic E-state index is 15.0. The van der Waals surface area contributed by atoms with Crippen LogP contribution in [0, 0.1) is 24.2 Å². The topological polar surface area (TPSA) is 193 Å². The van der Waals surface area contributed by atoms with Crippen LogP contribution in [0.25, 0.3) is 21.6 Å². The van der Waals surface area contributed by atoms with E-state index in [9.17, 15) is 28.1 Å². The molecule has 3 fully saturated rings. The summed E-state index contributed by atoms with van der Waals surface area (Å²) in [5.41, 5.74) is 2.57. The predicted octanol–water partition coefficient (Wildman–Crippen LogP) is 6.89. The zero-order valence-electron chi connectivity index (χ0n) is 35.7. The van der Waals surface area contributed by atoms with Crippen molar-refractivity contribution < 1.29 is 32.3 Å². The van der Waals surface area contributed by atoms with E-state index in [4.69, 9.17) is 19.4 Å². The minimum Gasteiger partial charge on any atom is -0.496 e. The van der Waals surface area contributed by atoms with Crippen LogP contribution in [-0.4, -0.2) is 83.1 Å². The van der Waals surface area contributed by atoms with Crippen molar-refractivity contribution in [3.8, 4) is 28.3 Å². The average molecular weight is 880 g/mol. The van der Waals surface area contributed by atoms with Gasteiger partial charge >= 0.3 is 0 Å². The number of pyridine rings is 1. The molecule has 0 unspecified atom stereocenters. The molecular formula is C46H53N7O7S2. The summed E-state index contributed by atoms with van der Waals surface area (Å²) in [6.07, 6.45) is 7.98. The minimum absolute atomic E-state index is 0.0473. The van der Waals surface area contributed by atoms with Gasteiger partial charge in [-0.3, -0.25) is 19.1 Å². The van der Waals surface area contributed by atoms with E-state index in [-0.39, 0.29) is 31.2 Å². The Kier molecular flexibility index (Phi) is 11.8. The molecule has 2 saturated carbocycles. The Balaban J connectivity index is 1.16. The smallest absolute Gasteiger partial charge is 0.259 e. The van der Waals surface area contributed by atoms with Crippen molar-refractivity contribution in [1.82, 2.24) is 24.9 Å². The number of ether oxygens (including phenoxy) is 2. The largest absolute Gasteiger partial charge is 0.496 e. The molecule has 3 N–H and O–H groups in total. The molecule has 4 heterocycles. The number of anilines is 1. The van der Waals surface area contributed by atoms with Gasteiger partial charge in [0.1, 0.15) is 45.9 Å². The molecule has 0 bridgehead atoms. The van der Waals surface area contributed by atoms with E-state index in [1.807, 2.05) is 42.7 Å². The molecule has 2 aromatic carbocycles. The first-order valence-electron chi connectivity index (χ1n) is 21.4. The molecule has 0 spiro atoms. The van der Waals surface area contributed by atoms with E-state index in [1.54, 1.807) is 38.3 Å². The molecule has 5 atom stereocenters. The van der Waals surface area contributed by atoms with Crippen molar-refractivity contribution in [3.63, 3.8) is 0 Å². The number of methoxy groups -OCH3 is 1. The number of benzene rings is 2. The van der Waals surface area contributed by atoms with Gasteiger partial charge in [-0.15, -0.1) is 11.3 Å². The van der Waals surface area contributed by atoms with Crippen LogP contribution >= 0.6 is 11.3 Å². The average Bonchev–Trinajstić information content (AvgIpc) is 4.02. The van der Waals surface area contributed by atoms with Crippen molar-refractivity contribution in [2.75, 3.05) is 19.0 Å². The van der Waals surface area contributed by atoms with Crippen LogP contribution < -0.4 is 24.8 Å². The third kappa shape index (κ3) is 8.49. The Morgan fingerprint density at radius 2 is 1.90 bits per heavy atom. The molecular weight excluding hydrogens is 827 g/mol. The second kappa shape index (κ2) is 17.0. The molecule has 3 amide bonds. The highest BCUT2D eigenvalue weighted by Gasteiger charge is 2.63. The third-order valence-corrected chi connectivity index (χ3v) is 15.8. The number of carbonyl (C=O) groups excluding carboxylic acids is 3. The van der Waals surface area contributed by atoms with Gasteiger partial charge in [0.15, 0.2) is 0 Å². The molecule has 2 aromatic heterocycles. The first-order chi connectivity index (χ1) is 29.6. The lowest BCUT2D eigenvalue weighted by Gasteiger charge is -2.30. The van der Waals surface area contributed by atoms with Crippen molar-refractivity contribution >= 4 is 55.7 Å². The van der Waals surface area contributed by atoms with Gasteiger partial charge in [0, 0.05) is 40.4 Å². The van der Waals surface area contributed by atoms with Crippen molar-refractivity contribution in [2.24, 2.45) is 5.92 Å². The van der Waals surface area contributed by atoms with E-state index in [2.05, 4.69) is 35.3 Å². The van der Waals surface area contributed by atoms with Crippen LogP contribution in [0.2, 0.25) is 0 Å². The number of carbonyl (C=O) groups is 3. The Morgan fingerprint density at radius 3 is 2.63 bits per heavy atom. The van der Waals surface area contributed by atoms with Gasteiger partial charge < -0.3 is 25.0 Å². The number of sulfonamides is 1. The number of nitrogens with one attached hydrogen (secondary N) is 3. The van der Waals surface area contributed by atoms with Gasteiger partial charge in [0.05, 0.1) is 41.2 Å². The zero-order valence-corrected chi connectivity index (χ0v) is 37.3. The molecule has 1 saturated heterocycles. The van der Waals surface area contributed by atoms with Gasteiger partial charge in [-0.2, -0.15) is 5.26 Å². The number of hydrogen-bond donors (Lipinski definition) is 3. The number of nitriles is 1. The summed E-state index contributed by atoms with van der Waals surface area (Å²) in [6.45, 7) is 7.75. The van der Waals surface area contributed by atoms with E-state index in [0.717, 1.165) is 47.3 Å². The van der Waals surface area contributed by atoms with Crippen LogP contribution in [-0.2, 0) is 24.4 Å². The summed E-state index contributed by atoms with van der Waals surface area (Å²) in [5, 5.41) is 19.4. The number of allylic oxidation sites excluding steroid dienone is 1. The SMILES string of the molecule is COc1ccc2c(O[C@@H]3C[C@H]4C(=O)N[C@]5(C(=O)NS(=O)(=O)C6(C)CC6)C[C@H]5C=CCCCCC[C@H](Nc5cccc(C#N)c5)C(=O)N4C3)cc(-c3nc(C(C)C)cs3)nc2c1C. The number of fused-ring (bicyclic) bond motifs is 3. The predicted molar refractivity (Wildman–Crippen MR) is 237 cm³/mol. The molecule has 16 heteroatoms. The Morgan fingerprint density at radius 1 is 1.10 bits per heavy atom. The van der Waals surface area contributed by atoms with Gasteiger partial charge in [-0.1, -0.05) is 44.9 Å². The highest BCUT2D eigenvalue weighted by molar-refractivity contribution is 7.91. The first-order valence-corrected chi connectivity index (χ1v) is 23.7. The number of aromatic nitrogens is 2. The van der Waals surface area contributed by atoms with Crippen LogP contribution in [0.3, 0.4) is 0 Å². The van der Waals surface area contributed by atoms with E-state index in [0.29, 0.717) is 53.2 Å². The summed E-state index contributed by atoms with van der Waals surface area (Å²) in [5.74, 6) is -0.722. The number of nitrogens with zero attached hydrogens (tertiary/aromatic N) is 4. The van der Waals surface area contributed by atoms with Gasteiger partial charge in [-0.05, 0) is 88.6 Å². The summed E-state index contributed by atoms with van der Waals surface area (Å²) in [4.78, 5) is 55.2.